The van der Waals surface area contributed by atoms with Crippen molar-refractivity contribution in [2.45, 2.75) is 0 Å². The first-order chi connectivity index (χ1) is 27.7. The number of aromatic nitrogens is 4. The quantitative estimate of drug-likeness (QED) is 0.172. The second-order valence-corrected chi connectivity index (χ2v) is 14.0. The lowest BCUT2D eigenvalue weighted by molar-refractivity contribution is 0.670. The van der Waals surface area contributed by atoms with Crippen LogP contribution in [0.25, 0.3) is 106 Å². The fourth-order valence-electron chi connectivity index (χ4n) is 7.98. The molecule has 0 aliphatic rings. The second kappa shape index (κ2) is 13.0. The first-order valence-corrected chi connectivity index (χ1v) is 18.8. The summed E-state index contributed by atoms with van der Waals surface area (Å²) in [5.41, 5.74) is 12.0. The summed E-state index contributed by atoms with van der Waals surface area (Å²) in [6.45, 7) is 0. The van der Waals surface area contributed by atoms with Crippen LogP contribution in [-0.2, 0) is 0 Å². The van der Waals surface area contributed by atoms with E-state index in [4.69, 9.17) is 19.4 Å². The summed E-state index contributed by atoms with van der Waals surface area (Å²) in [7, 11) is 0. The Morgan fingerprint density at radius 1 is 0.339 bits per heavy atom. The van der Waals surface area contributed by atoms with Gasteiger partial charge in [0.15, 0.2) is 17.5 Å². The standard InChI is InChI=1S/C51H32N4O/c1-4-15-33(16-5-1)35-19-12-21-37(29-35)49-52-50(38-22-13-20-36(30-38)34-17-6-2-7-18-34)54-51(53-49)42-27-14-26-41-44-31-46-43(32-47(44)56-48(41)42)40-25-10-11-28-45(40)55(46)39-23-8-3-9-24-39/h1-32H. The molecule has 0 aliphatic heterocycles. The van der Waals surface area contributed by atoms with E-state index in [9.17, 15) is 0 Å². The van der Waals surface area contributed by atoms with E-state index in [2.05, 4.69) is 180 Å². The van der Waals surface area contributed by atoms with Crippen LogP contribution in [0, 0.1) is 0 Å². The van der Waals surface area contributed by atoms with Crippen LogP contribution >= 0.6 is 0 Å². The van der Waals surface area contributed by atoms with Crippen molar-refractivity contribution < 1.29 is 4.42 Å². The number of hydrogen-bond acceptors (Lipinski definition) is 4. The van der Waals surface area contributed by atoms with E-state index < -0.39 is 0 Å². The maximum Gasteiger partial charge on any atom is 0.167 e. The molecule has 5 heteroatoms. The monoisotopic (exact) mass is 716 g/mol. The van der Waals surface area contributed by atoms with Gasteiger partial charge in [0.1, 0.15) is 11.2 Å². The molecule has 5 nitrogen and oxygen atoms in total. The predicted octanol–water partition coefficient (Wildman–Crippen LogP) is 13.2. The van der Waals surface area contributed by atoms with Crippen LogP contribution in [0.3, 0.4) is 0 Å². The topological polar surface area (TPSA) is 56.7 Å². The van der Waals surface area contributed by atoms with Crippen molar-refractivity contribution in [1.29, 1.82) is 0 Å². The minimum Gasteiger partial charge on any atom is -0.455 e. The molecule has 0 aliphatic carbocycles. The molecule has 3 heterocycles. The van der Waals surface area contributed by atoms with Gasteiger partial charge in [-0.05, 0) is 70.8 Å². The van der Waals surface area contributed by atoms with Gasteiger partial charge in [-0.15, -0.1) is 0 Å². The number of benzene rings is 8. The predicted molar refractivity (Wildman–Crippen MR) is 229 cm³/mol. The Labute approximate surface area is 322 Å². The van der Waals surface area contributed by atoms with Crippen molar-refractivity contribution >= 4 is 43.7 Å². The Bertz CT molecular complexity index is 3140. The largest absolute Gasteiger partial charge is 0.455 e. The van der Waals surface area contributed by atoms with Crippen LogP contribution in [0.5, 0.6) is 0 Å². The van der Waals surface area contributed by atoms with Crippen LogP contribution in [-0.4, -0.2) is 19.5 Å². The third-order valence-corrected chi connectivity index (χ3v) is 10.6. The molecule has 0 radical (unpaired) electrons. The number of furan rings is 1. The van der Waals surface area contributed by atoms with Gasteiger partial charge in [0, 0.05) is 38.4 Å². The summed E-state index contributed by atoms with van der Waals surface area (Å²) in [6, 6.07) is 67.4. The van der Waals surface area contributed by atoms with Crippen molar-refractivity contribution in [2.75, 3.05) is 0 Å². The molecule has 0 fully saturated rings. The van der Waals surface area contributed by atoms with Gasteiger partial charge in [0.25, 0.3) is 0 Å². The second-order valence-electron chi connectivity index (χ2n) is 14.0. The Balaban J connectivity index is 1.13. The van der Waals surface area contributed by atoms with Crippen molar-refractivity contribution in [1.82, 2.24) is 19.5 Å². The van der Waals surface area contributed by atoms with Crippen molar-refractivity contribution in [2.24, 2.45) is 0 Å². The molecule has 0 atom stereocenters. The van der Waals surface area contributed by atoms with Crippen molar-refractivity contribution in [3.05, 3.63) is 194 Å². The molecule has 0 unspecified atom stereocenters. The average molecular weight is 717 g/mol. The molecule has 0 spiro atoms. The first kappa shape index (κ1) is 31.9. The Kier molecular flexibility index (Phi) is 7.42. The highest BCUT2D eigenvalue weighted by Gasteiger charge is 2.21. The summed E-state index contributed by atoms with van der Waals surface area (Å²) in [5.74, 6) is 1.74. The highest BCUT2D eigenvalue weighted by Crippen LogP contribution is 2.41. The number of fused-ring (bicyclic) bond motifs is 6. The molecule has 56 heavy (non-hydrogen) atoms. The maximum atomic E-state index is 6.85. The van der Waals surface area contributed by atoms with Gasteiger partial charge in [-0.2, -0.15) is 0 Å². The maximum absolute atomic E-state index is 6.85. The van der Waals surface area contributed by atoms with Gasteiger partial charge in [-0.1, -0.05) is 146 Å². The molecule has 8 aromatic carbocycles. The average Bonchev–Trinajstić information content (AvgIpc) is 3.81. The van der Waals surface area contributed by atoms with E-state index in [0.29, 0.717) is 17.5 Å². The van der Waals surface area contributed by atoms with Gasteiger partial charge >= 0.3 is 0 Å². The summed E-state index contributed by atoms with van der Waals surface area (Å²) < 4.78 is 9.18. The lowest BCUT2D eigenvalue weighted by Gasteiger charge is -2.11. The minimum atomic E-state index is 0.550. The van der Waals surface area contributed by atoms with Gasteiger partial charge in [-0.25, -0.2) is 15.0 Å². The van der Waals surface area contributed by atoms with Crippen LogP contribution in [0.2, 0.25) is 0 Å². The zero-order chi connectivity index (χ0) is 37.0. The smallest absolute Gasteiger partial charge is 0.167 e. The molecular weight excluding hydrogens is 685 g/mol. The molecule has 3 aromatic heterocycles. The fourth-order valence-corrected chi connectivity index (χ4v) is 7.98. The Morgan fingerprint density at radius 2 is 0.857 bits per heavy atom. The number of hydrogen-bond donors (Lipinski definition) is 0. The van der Waals surface area contributed by atoms with Crippen LogP contribution in [0.4, 0.5) is 0 Å². The summed E-state index contributed by atoms with van der Waals surface area (Å²) in [4.78, 5) is 15.5. The number of rotatable bonds is 6. The summed E-state index contributed by atoms with van der Waals surface area (Å²) in [5, 5.41) is 4.36. The van der Waals surface area contributed by atoms with E-state index in [-0.39, 0.29) is 0 Å². The van der Waals surface area contributed by atoms with Gasteiger partial charge in [0.05, 0.1) is 16.6 Å². The van der Waals surface area contributed by atoms with Crippen molar-refractivity contribution in [3.8, 4) is 62.1 Å². The Hall–Kier alpha value is -7.63. The molecule has 0 N–H and O–H groups in total. The lowest BCUT2D eigenvalue weighted by Crippen LogP contribution is -2.00. The summed E-state index contributed by atoms with van der Waals surface area (Å²) in [6.07, 6.45) is 0. The fraction of sp³-hybridized carbons (Fsp3) is 0. The van der Waals surface area contributed by atoms with E-state index in [1.54, 1.807) is 0 Å². The SMILES string of the molecule is c1ccc(-c2cccc(-c3nc(-c4cccc(-c5ccccc5)c4)nc(-c4cccc5c4oc4cc6c7ccccc7n(-c7ccccc7)c6cc45)n3)c2)cc1. The van der Waals surface area contributed by atoms with Crippen LogP contribution in [0.1, 0.15) is 0 Å². The zero-order valence-corrected chi connectivity index (χ0v) is 30.2. The lowest BCUT2D eigenvalue weighted by atomic mass is 10.0. The van der Waals surface area contributed by atoms with E-state index in [1.165, 1.54) is 5.39 Å². The zero-order valence-electron chi connectivity index (χ0n) is 30.2. The molecule has 11 rings (SSSR count). The van der Waals surface area contributed by atoms with Crippen LogP contribution < -0.4 is 0 Å². The molecule has 0 bridgehead atoms. The third kappa shape index (κ3) is 5.37. The molecular formula is C51H32N4O. The minimum absolute atomic E-state index is 0.550. The van der Waals surface area contributed by atoms with Gasteiger partial charge < -0.3 is 8.98 Å². The van der Waals surface area contributed by atoms with Crippen LogP contribution in [0.15, 0.2) is 199 Å². The van der Waals surface area contributed by atoms with E-state index >= 15 is 0 Å². The van der Waals surface area contributed by atoms with Gasteiger partial charge in [0.2, 0.25) is 0 Å². The van der Waals surface area contributed by atoms with Crippen molar-refractivity contribution in [3.63, 3.8) is 0 Å². The normalized spacial score (nSPS) is 11.6. The molecule has 0 saturated heterocycles. The highest BCUT2D eigenvalue weighted by molar-refractivity contribution is 6.18. The third-order valence-electron chi connectivity index (χ3n) is 10.6. The number of nitrogens with zero attached hydrogens (tertiary/aromatic N) is 4. The van der Waals surface area contributed by atoms with E-state index in [0.717, 1.165) is 83.0 Å². The molecule has 0 saturated carbocycles. The summed E-state index contributed by atoms with van der Waals surface area (Å²) >= 11 is 0. The first-order valence-electron chi connectivity index (χ1n) is 18.8. The number of para-hydroxylation sites is 3. The molecule has 262 valence electrons. The Morgan fingerprint density at radius 3 is 1.52 bits per heavy atom. The molecule has 11 aromatic rings. The van der Waals surface area contributed by atoms with E-state index in [1.807, 2.05) is 18.2 Å². The van der Waals surface area contributed by atoms with Gasteiger partial charge in [-0.3, -0.25) is 0 Å². The molecule has 0 amide bonds. The highest BCUT2D eigenvalue weighted by atomic mass is 16.3.